The van der Waals surface area contributed by atoms with E-state index in [0.717, 1.165) is 12.1 Å². The maximum absolute atomic E-state index is 14.4. The molecule has 0 bridgehead atoms. The van der Waals surface area contributed by atoms with E-state index in [1.165, 1.54) is 59.7 Å². The van der Waals surface area contributed by atoms with E-state index in [2.05, 4.69) is 20.1 Å². The minimum Gasteiger partial charge on any atom is -0.494 e. The highest BCUT2D eigenvalue weighted by atomic mass is 19.4. The largest absolute Gasteiger partial charge is 0.494 e. The highest BCUT2D eigenvalue weighted by molar-refractivity contribution is 5.79. The highest BCUT2D eigenvalue weighted by Gasteiger charge is 2.35. The summed E-state index contributed by atoms with van der Waals surface area (Å²) in [6.45, 7) is 7.16. The number of nitrogens with zero attached hydrogens (tertiary/aromatic N) is 5. The van der Waals surface area contributed by atoms with Gasteiger partial charge in [-0.25, -0.2) is 23.5 Å². The third-order valence-corrected chi connectivity index (χ3v) is 6.52. The number of pyridine rings is 1. The number of esters is 1. The Labute approximate surface area is 255 Å². The lowest BCUT2D eigenvalue weighted by Crippen LogP contribution is -2.32. The van der Waals surface area contributed by atoms with E-state index in [9.17, 15) is 26.7 Å². The summed E-state index contributed by atoms with van der Waals surface area (Å²) in [6, 6.07) is 8.91. The van der Waals surface area contributed by atoms with Crippen molar-refractivity contribution in [2.24, 2.45) is 0 Å². The number of fused-ring (bicyclic) bond motifs is 1. The molecule has 2 aliphatic heterocycles. The molecular weight excluding hydrogens is 597 g/mol. The van der Waals surface area contributed by atoms with Gasteiger partial charge in [-0.1, -0.05) is 19.1 Å². The Hall–Kier alpha value is -4.94. The number of ether oxygens (including phenoxy) is 2. The Balaban J connectivity index is 1.54. The molecule has 234 valence electrons. The van der Waals surface area contributed by atoms with Crippen LogP contribution in [0.4, 0.5) is 22.0 Å². The van der Waals surface area contributed by atoms with Gasteiger partial charge in [-0.2, -0.15) is 18.3 Å². The molecular formula is C32H28F5N5O3. The molecule has 0 aliphatic carbocycles. The summed E-state index contributed by atoms with van der Waals surface area (Å²) in [5.74, 6) is -2.88. The number of imidazole rings is 1. The predicted octanol–water partition coefficient (Wildman–Crippen LogP) is 7.52. The summed E-state index contributed by atoms with van der Waals surface area (Å²) in [7, 11) is 0. The summed E-state index contributed by atoms with van der Waals surface area (Å²) in [4.78, 5) is 26.3. The minimum absolute atomic E-state index is 0.0214. The van der Waals surface area contributed by atoms with Crippen LogP contribution in [0.25, 0.3) is 34.0 Å². The molecule has 45 heavy (non-hydrogen) atoms. The molecule has 0 amide bonds. The Morgan fingerprint density at radius 1 is 0.933 bits per heavy atom. The lowest BCUT2D eigenvalue weighted by molar-refractivity contribution is -0.158. The van der Waals surface area contributed by atoms with Gasteiger partial charge >= 0.3 is 12.1 Å². The molecule has 0 saturated carbocycles. The van der Waals surface area contributed by atoms with Gasteiger partial charge in [0, 0.05) is 17.3 Å². The first kappa shape index (κ1) is 31.5. The first-order valence-electron chi connectivity index (χ1n) is 13.9. The van der Waals surface area contributed by atoms with Crippen LogP contribution in [-0.2, 0) is 15.7 Å². The van der Waals surface area contributed by atoms with Gasteiger partial charge in [-0.15, -0.1) is 0 Å². The van der Waals surface area contributed by atoms with Gasteiger partial charge in [-0.05, 0) is 63.6 Å². The van der Waals surface area contributed by atoms with Crippen molar-refractivity contribution in [1.29, 1.82) is 0 Å². The number of carbonyl (C=O) groups is 1. The number of hydrogen-bond donors (Lipinski definition) is 0. The molecule has 2 aliphatic rings. The molecule has 13 heteroatoms. The average molecular weight is 626 g/mol. The maximum atomic E-state index is 14.4. The quantitative estimate of drug-likeness (QED) is 0.130. The summed E-state index contributed by atoms with van der Waals surface area (Å²) >= 11 is 0. The third-order valence-electron chi connectivity index (χ3n) is 6.52. The van der Waals surface area contributed by atoms with Gasteiger partial charge in [0.25, 0.3) is 0 Å². The van der Waals surface area contributed by atoms with Crippen molar-refractivity contribution in [3.63, 3.8) is 0 Å². The Kier molecular flexibility index (Phi) is 8.55. The Bertz CT molecular complexity index is 1800. The van der Waals surface area contributed by atoms with Crippen molar-refractivity contribution in [3.8, 4) is 39.8 Å². The SMILES string of the molecule is CCCOc1ccc(-c2ccc(C(C(=O)OC(C)(C)C)n3cc4nc(-c5cccc(F)c5F)nc-4cn3)cn2)c(C(F)(F)F)c1. The molecule has 0 N–H and O–H groups in total. The lowest BCUT2D eigenvalue weighted by Gasteiger charge is -2.25. The molecule has 0 spiro atoms. The van der Waals surface area contributed by atoms with Gasteiger partial charge in [0.05, 0.1) is 35.8 Å². The monoisotopic (exact) mass is 625 g/mol. The summed E-state index contributed by atoms with van der Waals surface area (Å²) in [5.41, 5.74) is -1.35. The molecule has 5 rings (SSSR count). The zero-order valence-corrected chi connectivity index (χ0v) is 24.7. The first-order chi connectivity index (χ1) is 21.2. The molecule has 3 aromatic rings. The second kappa shape index (κ2) is 12.2. The molecule has 0 saturated heterocycles. The van der Waals surface area contributed by atoms with Crippen LogP contribution in [0.5, 0.6) is 5.75 Å². The van der Waals surface area contributed by atoms with Crippen molar-refractivity contribution in [3.05, 3.63) is 89.9 Å². The predicted molar refractivity (Wildman–Crippen MR) is 154 cm³/mol. The molecule has 1 unspecified atom stereocenters. The molecule has 8 nitrogen and oxygen atoms in total. The van der Waals surface area contributed by atoms with Crippen LogP contribution >= 0.6 is 0 Å². The van der Waals surface area contributed by atoms with Crippen molar-refractivity contribution < 1.29 is 36.2 Å². The zero-order chi connectivity index (χ0) is 32.5. The second-order valence-corrected chi connectivity index (χ2v) is 11.1. The molecule has 0 fully saturated rings. The van der Waals surface area contributed by atoms with E-state index < -0.39 is 41.0 Å². The number of aromatic nitrogens is 5. The van der Waals surface area contributed by atoms with E-state index >= 15 is 0 Å². The standard InChI is InChI=1S/C32H28F5N5O3/c1-5-13-44-19-10-11-20(22(14-19)32(35,36)37)24-12-9-18(15-38-24)28(30(43)45-31(2,3)4)42-17-26-25(16-39-42)40-29(41-26)21-7-6-8-23(33)27(21)34/h6-12,14-17,28H,5,13H2,1-4H3. The molecule has 0 radical (unpaired) electrons. The fourth-order valence-corrected chi connectivity index (χ4v) is 4.55. The van der Waals surface area contributed by atoms with Gasteiger partial charge in [0.1, 0.15) is 22.7 Å². The van der Waals surface area contributed by atoms with Crippen molar-refractivity contribution >= 4 is 5.97 Å². The number of alkyl halides is 3. The van der Waals surface area contributed by atoms with Crippen LogP contribution < -0.4 is 4.74 Å². The fourth-order valence-electron chi connectivity index (χ4n) is 4.55. The first-order valence-corrected chi connectivity index (χ1v) is 13.9. The van der Waals surface area contributed by atoms with E-state index in [1.54, 1.807) is 20.8 Å². The zero-order valence-electron chi connectivity index (χ0n) is 24.7. The summed E-state index contributed by atoms with van der Waals surface area (Å²) < 4.78 is 82.5. The van der Waals surface area contributed by atoms with Crippen LogP contribution in [0, 0.1) is 11.6 Å². The van der Waals surface area contributed by atoms with Crippen LogP contribution in [0.2, 0.25) is 0 Å². The van der Waals surface area contributed by atoms with E-state index in [4.69, 9.17) is 9.47 Å². The fraction of sp³-hybridized carbons (Fsp3) is 0.281. The molecule has 1 atom stereocenters. The van der Waals surface area contributed by atoms with Crippen molar-refractivity contribution in [2.75, 3.05) is 6.61 Å². The maximum Gasteiger partial charge on any atom is 0.417 e. The minimum atomic E-state index is -4.68. The van der Waals surface area contributed by atoms with Crippen LogP contribution in [0.1, 0.15) is 51.3 Å². The summed E-state index contributed by atoms with van der Waals surface area (Å²) in [5, 5.41) is 4.30. The highest BCUT2D eigenvalue weighted by Crippen LogP contribution is 2.39. The van der Waals surface area contributed by atoms with Crippen LogP contribution in [-0.4, -0.2) is 42.9 Å². The third kappa shape index (κ3) is 6.92. The van der Waals surface area contributed by atoms with Crippen molar-refractivity contribution in [2.45, 2.75) is 51.9 Å². The molecule has 2 aromatic carbocycles. The van der Waals surface area contributed by atoms with Crippen LogP contribution in [0.3, 0.4) is 0 Å². The summed E-state index contributed by atoms with van der Waals surface area (Å²) in [6.07, 6.45) is -0.0732. The van der Waals surface area contributed by atoms with Gasteiger partial charge < -0.3 is 9.47 Å². The molecule has 3 heterocycles. The number of hydrogen-bond acceptors (Lipinski definition) is 7. The van der Waals surface area contributed by atoms with E-state index in [1.807, 2.05) is 6.92 Å². The Morgan fingerprint density at radius 3 is 2.36 bits per heavy atom. The van der Waals surface area contributed by atoms with Crippen molar-refractivity contribution in [1.82, 2.24) is 24.7 Å². The topological polar surface area (TPSA) is 92.0 Å². The number of benzene rings is 2. The number of rotatable bonds is 8. The Morgan fingerprint density at radius 2 is 1.69 bits per heavy atom. The normalized spacial score (nSPS) is 12.7. The smallest absolute Gasteiger partial charge is 0.417 e. The second-order valence-electron chi connectivity index (χ2n) is 11.1. The van der Waals surface area contributed by atoms with Gasteiger partial charge in [0.2, 0.25) is 0 Å². The molecule has 1 aromatic heterocycles. The average Bonchev–Trinajstić information content (AvgIpc) is 3.40. The van der Waals surface area contributed by atoms with Gasteiger partial charge in [-0.3, -0.25) is 9.67 Å². The van der Waals surface area contributed by atoms with E-state index in [-0.39, 0.29) is 52.0 Å². The number of carbonyl (C=O) groups excluding carboxylic acids is 1. The van der Waals surface area contributed by atoms with Crippen LogP contribution in [0.15, 0.2) is 67.1 Å². The van der Waals surface area contributed by atoms with Gasteiger partial charge in [0.15, 0.2) is 23.5 Å². The number of halogens is 5. The van der Waals surface area contributed by atoms with E-state index in [0.29, 0.717) is 6.42 Å². The lowest BCUT2D eigenvalue weighted by atomic mass is 10.0.